The van der Waals surface area contributed by atoms with Crippen molar-refractivity contribution in [3.63, 3.8) is 0 Å². The molecule has 2 N–H and O–H groups in total. The average molecular weight is 183 g/mol. The average Bonchev–Trinajstić information content (AvgIpc) is 2.85. The molecule has 1 aliphatic carbocycles. The first-order chi connectivity index (χ1) is 6.35. The quantitative estimate of drug-likeness (QED) is 0.708. The van der Waals surface area contributed by atoms with E-state index in [0.29, 0.717) is 17.6 Å². The molecule has 13 heavy (non-hydrogen) atoms. The van der Waals surface area contributed by atoms with E-state index in [4.69, 9.17) is 9.84 Å². The summed E-state index contributed by atoms with van der Waals surface area (Å²) >= 11 is 0. The normalized spacial score (nSPS) is 18.9. The van der Waals surface area contributed by atoms with Crippen LogP contribution in [0.25, 0.3) is 0 Å². The highest BCUT2D eigenvalue weighted by Gasteiger charge is 2.34. The molecule has 1 saturated carbocycles. The van der Waals surface area contributed by atoms with Crippen molar-refractivity contribution in [2.24, 2.45) is 5.92 Å². The van der Waals surface area contributed by atoms with Crippen LogP contribution in [-0.2, 0) is 11.3 Å². The van der Waals surface area contributed by atoms with E-state index in [-0.39, 0.29) is 12.7 Å². The number of nitrogens with zero attached hydrogens (tertiary/aromatic N) is 2. The molecule has 1 atom stereocenters. The lowest BCUT2D eigenvalue weighted by atomic mass is 10.2. The maximum Gasteiger partial charge on any atom is 0.179 e. The first-order valence-electron chi connectivity index (χ1n) is 4.40. The molecule has 2 rings (SSSR count). The Morgan fingerprint density at radius 2 is 2.46 bits per heavy atom. The van der Waals surface area contributed by atoms with Crippen LogP contribution in [0.5, 0.6) is 0 Å². The zero-order chi connectivity index (χ0) is 9.26. The van der Waals surface area contributed by atoms with Crippen molar-refractivity contribution in [2.45, 2.75) is 25.6 Å². The fraction of sp³-hybridized carbons (Fsp3) is 0.750. The summed E-state index contributed by atoms with van der Waals surface area (Å²) in [5.74, 6) is 1.72. The molecule has 5 nitrogen and oxygen atoms in total. The van der Waals surface area contributed by atoms with Crippen LogP contribution in [0.2, 0.25) is 0 Å². The van der Waals surface area contributed by atoms with Gasteiger partial charge < -0.3 is 9.84 Å². The Morgan fingerprint density at radius 3 is 2.92 bits per heavy atom. The predicted molar refractivity (Wildman–Crippen MR) is 44.8 cm³/mol. The van der Waals surface area contributed by atoms with Crippen molar-refractivity contribution >= 4 is 0 Å². The summed E-state index contributed by atoms with van der Waals surface area (Å²) in [6.07, 6.45) is 2.36. The third kappa shape index (κ3) is 1.71. The van der Waals surface area contributed by atoms with Crippen LogP contribution in [0.3, 0.4) is 0 Å². The van der Waals surface area contributed by atoms with Crippen LogP contribution in [0.4, 0.5) is 0 Å². The summed E-state index contributed by atoms with van der Waals surface area (Å²) in [5.41, 5.74) is 0. The number of rotatable bonds is 4. The van der Waals surface area contributed by atoms with Gasteiger partial charge in [-0.05, 0) is 18.8 Å². The minimum absolute atomic E-state index is 0.00319. The Bertz CT molecular complexity index is 283. The molecule has 0 bridgehead atoms. The monoisotopic (exact) mass is 183 g/mol. The van der Waals surface area contributed by atoms with Crippen LogP contribution in [0.15, 0.2) is 0 Å². The van der Waals surface area contributed by atoms with Crippen molar-refractivity contribution in [1.82, 2.24) is 15.2 Å². The third-order valence-corrected chi connectivity index (χ3v) is 2.26. The maximum atomic E-state index is 8.79. The molecule has 1 heterocycles. The Balaban J connectivity index is 2.12. The number of ether oxygens (including phenoxy) is 1. The van der Waals surface area contributed by atoms with Gasteiger partial charge in [-0.25, -0.2) is 4.98 Å². The minimum atomic E-state index is -0.103. The fourth-order valence-corrected chi connectivity index (χ4v) is 1.42. The van der Waals surface area contributed by atoms with E-state index in [1.165, 1.54) is 12.8 Å². The number of aromatic nitrogens is 3. The molecular weight excluding hydrogens is 170 g/mol. The smallest absolute Gasteiger partial charge is 0.179 e. The van der Waals surface area contributed by atoms with E-state index in [2.05, 4.69) is 15.2 Å². The zero-order valence-electron chi connectivity index (χ0n) is 7.53. The lowest BCUT2D eigenvalue weighted by Crippen LogP contribution is -2.05. The summed E-state index contributed by atoms with van der Waals surface area (Å²) < 4.78 is 5.29. The molecule has 1 unspecified atom stereocenters. The van der Waals surface area contributed by atoms with Crippen LogP contribution in [0.1, 0.15) is 30.6 Å². The largest absolute Gasteiger partial charge is 0.388 e. The highest BCUT2D eigenvalue weighted by molar-refractivity contribution is 4.99. The van der Waals surface area contributed by atoms with Gasteiger partial charge in [-0.2, -0.15) is 5.10 Å². The molecule has 1 aromatic heterocycles. The van der Waals surface area contributed by atoms with Crippen LogP contribution >= 0.6 is 0 Å². The molecule has 1 aliphatic rings. The highest BCUT2D eigenvalue weighted by Crippen LogP contribution is 2.41. The van der Waals surface area contributed by atoms with Crippen molar-refractivity contribution in [2.75, 3.05) is 7.11 Å². The van der Waals surface area contributed by atoms with Crippen molar-refractivity contribution < 1.29 is 9.84 Å². The van der Waals surface area contributed by atoms with Gasteiger partial charge in [-0.15, -0.1) is 0 Å². The number of aromatic amines is 1. The number of aliphatic hydroxyl groups excluding tert-OH is 1. The summed E-state index contributed by atoms with van der Waals surface area (Å²) in [6, 6.07) is 0. The van der Waals surface area contributed by atoms with Gasteiger partial charge >= 0.3 is 0 Å². The van der Waals surface area contributed by atoms with Gasteiger partial charge in [-0.1, -0.05) is 0 Å². The lowest BCUT2D eigenvalue weighted by Gasteiger charge is -2.08. The third-order valence-electron chi connectivity index (χ3n) is 2.26. The highest BCUT2D eigenvalue weighted by atomic mass is 16.5. The van der Waals surface area contributed by atoms with Crippen LogP contribution < -0.4 is 0 Å². The zero-order valence-corrected chi connectivity index (χ0v) is 7.53. The Hall–Kier alpha value is -0.940. The number of hydrogen-bond acceptors (Lipinski definition) is 4. The van der Waals surface area contributed by atoms with E-state index in [0.717, 1.165) is 0 Å². The molecule has 1 aromatic rings. The van der Waals surface area contributed by atoms with Crippen LogP contribution in [-0.4, -0.2) is 27.4 Å². The molecule has 0 aliphatic heterocycles. The van der Waals surface area contributed by atoms with Gasteiger partial charge in [0.05, 0.1) is 0 Å². The second kappa shape index (κ2) is 3.43. The van der Waals surface area contributed by atoms with Crippen molar-refractivity contribution in [1.29, 1.82) is 0 Å². The van der Waals surface area contributed by atoms with E-state index in [1.54, 1.807) is 7.11 Å². The van der Waals surface area contributed by atoms with Gasteiger partial charge in [0.2, 0.25) is 0 Å². The summed E-state index contributed by atoms with van der Waals surface area (Å²) in [4.78, 5) is 4.12. The standard InChI is InChI=1S/C8H13N3O2/c1-13-7(5-2-3-5)8-9-6(4-12)10-11-8/h5,7,12H,2-4H2,1H3,(H,9,10,11). The van der Waals surface area contributed by atoms with Gasteiger partial charge in [-0.3, -0.25) is 5.10 Å². The van der Waals surface area contributed by atoms with Crippen LogP contribution in [0, 0.1) is 5.92 Å². The van der Waals surface area contributed by atoms with E-state index in [9.17, 15) is 0 Å². The number of aliphatic hydroxyl groups is 1. The SMILES string of the molecule is COC(c1n[nH]c(CO)n1)C1CC1. The number of H-pyrrole nitrogens is 1. The van der Waals surface area contributed by atoms with Crippen molar-refractivity contribution in [3.8, 4) is 0 Å². The van der Waals surface area contributed by atoms with Gasteiger partial charge in [0, 0.05) is 7.11 Å². The second-order valence-corrected chi connectivity index (χ2v) is 3.29. The maximum absolute atomic E-state index is 8.79. The topological polar surface area (TPSA) is 71.0 Å². The molecule has 0 aromatic carbocycles. The summed E-state index contributed by atoms with van der Waals surface area (Å²) in [6.45, 7) is -0.103. The molecule has 0 radical (unpaired) electrons. The first-order valence-corrected chi connectivity index (χ1v) is 4.40. The number of hydrogen-bond donors (Lipinski definition) is 2. The molecule has 1 fully saturated rings. The molecule has 5 heteroatoms. The lowest BCUT2D eigenvalue weighted by molar-refractivity contribution is 0.0774. The van der Waals surface area contributed by atoms with Gasteiger partial charge in [0.25, 0.3) is 0 Å². The second-order valence-electron chi connectivity index (χ2n) is 3.29. The molecule has 0 spiro atoms. The Morgan fingerprint density at radius 1 is 1.69 bits per heavy atom. The van der Waals surface area contributed by atoms with Gasteiger partial charge in [0.15, 0.2) is 5.82 Å². The molecule has 72 valence electrons. The first kappa shape index (κ1) is 8.65. The number of methoxy groups -OCH3 is 1. The fourth-order valence-electron chi connectivity index (χ4n) is 1.42. The summed E-state index contributed by atoms with van der Waals surface area (Å²) in [5, 5.41) is 15.4. The Labute approximate surface area is 76.1 Å². The minimum Gasteiger partial charge on any atom is -0.388 e. The Kier molecular flexibility index (Phi) is 2.28. The molecular formula is C8H13N3O2. The summed E-state index contributed by atoms with van der Waals surface area (Å²) in [7, 11) is 1.66. The molecule has 0 saturated heterocycles. The molecule has 0 amide bonds. The van der Waals surface area contributed by atoms with E-state index < -0.39 is 0 Å². The van der Waals surface area contributed by atoms with Gasteiger partial charge in [0.1, 0.15) is 18.5 Å². The van der Waals surface area contributed by atoms with Crippen molar-refractivity contribution in [3.05, 3.63) is 11.6 Å². The van der Waals surface area contributed by atoms with E-state index >= 15 is 0 Å². The predicted octanol–water partition coefficient (Wildman–Crippen LogP) is 0.394. The number of nitrogens with one attached hydrogen (secondary N) is 1. The van der Waals surface area contributed by atoms with E-state index in [1.807, 2.05) is 0 Å².